The summed E-state index contributed by atoms with van der Waals surface area (Å²) < 4.78 is 4.99. The van der Waals surface area contributed by atoms with Gasteiger partial charge in [0, 0.05) is 23.5 Å². The number of nitrogens with one attached hydrogen (secondary N) is 2. The van der Waals surface area contributed by atoms with E-state index in [1.165, 1.54) is 4.88 Å². The number of H-pyrrole nitrogens is 1. The molecule has 0 aromatic carbocycles. The topological polar surface area (TPSA) is 112 Å². The molecular formula is C19H21N3O4S. The van der Waals surface area contributed by atoms with Gasteiger partial charge in [0.15, 0.2) is 6.61 Å². The molecule has 2 rings (SSSR count). The SMILES string of the molecule is Cc1[nH]c(=O)c(C#N)c(C)c1CCC(=O)OCC(=O)NCCc1cccs1. The van der Waals surface area contributed by atoms with Crippen LogP contribution >= 0.6 is 11.3 Å². The minimum Gasteiger partial charge on any atom is -0.456 e. The van der Waals surface area contributed by atoms with Gasteiger partial charge in [-0.15, -0.1) is 11.3 Å². The van der Waals surface area contributed by atoms with Crippen LogP contribution in [0.3, 0.4) is 0 Å². The first-order chi connectivity index (χ1) is 12.9. The number of amides is 1. The van der Waals surface area contributed by atoms with Gasteiger partial charge in [-0.1, -0.05) is 6.07 Å². The van der Waals surface area contributed by atoms with Gasteiger partial charge in [-0.25, -0.2) is 0 Å². The zero-order chi connectivity index (χ0) is 19.8. The first-order valence-corrected chi connectivity index (χ1v) is 9.37. The van der Waals surface area contributed by atoms with Crippen LogP contribution in [0.15, 0.2) is 22.3 Å². The average Bonchev–Trinajstić information content (AvgIpc) is 3.13. The van der Waals surface area contributed by atoms with Gasteiger partial charge < -0.3 is 15.0 Å². The van der Waals surface area contributed by atoms with Gasteiger partial charge in [0.1, 0.15) is 11.6 Å². The van der Waals surface area contributed by atoms with Gasteiger partial charge in [0.25, 0.3) is 11.5 Å². The van der Waals surface area contributed by atoms with Crippen molar-refractivity contribution in [2.24, 2.45) is 0 Å². The second-order valence-electron chi connectivity index (χ2n) is 6.01. The zero-order valence-corrected chi connectivity index (χ0v) is 16.1. The standard InChI is InChI=1S/C19H21N3O4S/c1-12-15(13(2)22-19(25)16(12)10-20)5-6-18(24)26-11-17(23)21-8-7-14-4-3-9-27-14/h3-4,9H,5-8,11H2,1-2H3,(H,21,23)(H,22,25). The Morgan fingerprint density at radius 3 is 2.78 bits per heavy atom. The fraction of sp³-hybridized carbons (Fsp3) is 0.368. The number of nitriles is 1. The summed E-state index contributed by atoms with van der Waals surface area (Å²) in [4.78, 5) is 39.1. The third-order valence-corrected chi connectivity index (χ3v) is 5.07. The number of aromatic amines is 1. The van der Waals surface area contributed by atoms with Crippen molar-refractivity contribution in [2.75, 3.05) is 13.2 Å². The van der Waals surface area contributed by atoms with E-state index in [0.29, 0.717) is 24.2 Å². The molecule has 0 fully saturated rings. The van der Waals surface area contributed by atoms with E-state index in [2.05, 4.69) is 10.3 Å². The lowest BCUT2D eigenvalue weighted by atomic mass is 9.99. The van der Waals surface area contributed by atoms with Crippen LogP contribution in [0.4, 0.5) is 0 Å². The molecule has 8 heteroatoms. The maximum atomic E-state index is 11.9. The second-order valence-corrected chi connectivity index (χ2v) is 7.04. The Morgan fingerprint density at radius 2 is 2.11 bits per heavy atom. The average molecular weight is 387 g/mol. The van der Waals surface area contributed by atoms with E-state index >= 15 is 0 Å². The maximum absolute atomic E-state index is 11.9. The molecule has 0 aliphatic heterocycles. The van der Waals surface area contributed by atoms with Gasteiger partial charge in [-0.3, -0.25) is 14.4 Å². The Hall–Kier alpha value is -2.92. The summed E-state index contributed by atoms with van der Waals surface area (Å²) in [6, 6.07) is 5.83. The summed E-state index contributed by atoms with van der Waals surface area (Å²) in [7, 11) is 0. The fourth-order valence-electron chi connectivity index (χ4n) is 2.70. The molecule has 0 saturated carbocycles. The number of esters is 1. The van der Waals surface area contributed by atoms with Gasteiger partial charge in [-0.05, 0) is 49.3 Å². The summed E-state index contributed by atoms with van der Waals surface area (Å²) in [6.07, 6.45) is 1.12. The number of pyridine rings is 1. The lowest BCUT2D eigenvalue weighted by Crippen LogP contribution is -2.30. The summed E-state index contributed by atoms with van der Waals surface area (Å²) in [6.45, 7) is 3.57. The van der Waals surface area contributed by atoms with Crippen LogP contribution in [-0.2, 0) is 27.2 Å². The van der Waals surface area contributed by atoms with Crippen LogP contribution in [0, 0.1) is 25.2 Å². The Balaban J connectivity index is 1.77. The molecule has 2 N–H and O–H groups in total. The molecule has 0 saturated heterocycles. The molecular weight excluding hydrogens is 366 g/mol. The van der Waals surface area contributed by atoms with Crippen molar-refractivity contribution in [3.63, 3.8) is 0 Å². The first-order valence-electron chi connectivity index (χ1n) is 8.49. The van der Waals surface area contributed by atoms with E-state index in [1.807, 2.05) is 23.6 Å². The number of thiophene rings is 1. The lowest BCUT2D eigenvalue weighted by Gasteiger charge is -2.11. The lowest BCUT2D eigenvalue weighted by molar-refractivity contribution is -0.148. The van der Waals surface area contributed by atoms with Crippen molar-refractivity contribution in [1.82, 2.24) is 10.3 Å². The maximum Gasteiger partial charge on any atom is 0.306 e. The largest absolute Gasteiger partial charge is 0.456 e. The van der Waals surface area contributed by atoms with Crippen molar-refractivity contribution in [3.05, 3.63) is 55.1 Å². The van der Waals surface area contributed by atoms with Crippen LogP contribution < -0.4 is 10.9 Å². The van der Waals surface area contributed by atoms with Gasteiger partial charge in [0.05, 0.1) is 0 Å². The number of aryl methyl sites for hydroxylation is 1. The number of hydrogen-bond acceptors (Lipinski definition) is 6. The molecule has 2 aromatic rings. The Bertz CT molecular complexity index is 910. The number of rotatable bonds is 8. The molecule has 2 heterocycles. The van der Waals surface area contributed by atoms with Crippen LogP contribution in [0.2, 0.25) is 0 Å². The van der Waals surface area contributed by atoms with Crippen LogP contribution in [0.1, 0.15) is 33.7 Å². The highest BCUT2D eigenvalue weighted by Crippen LogP contribution is 2.15. The van der Waals surface area contributed by atoms with E-state index in [0.717, 1.165) is 12.0 Å². The van der Waals surface area contributed by atoms with E-state index in [1.54, 1.807) is 25.2 Å². The second kappa shape index (κ2) is 9.69. The third-order valence-electron chi connectivity index (χ3n) is 4.14. The predicted molar refractivity (Wildman–Crippen MR) is 102 cm³/mol. The number of carbonyl (C=O) groups is 2. The number of aromatic nitrogens is 1. The zero-order valence-electron chi connectivity index (χ0n) is 15.3. The van der Waals surface area contributed by atoms with Gasteiger partial charge >= 0.3 is 5.97 Å². The van der Waals surface area contributed by atoms with Crippen LogP contribution in [-0.4, -0.2) is 30.0 Å². The summed E-state index contributed by atoms with van der Waals surface area (Å²) in [5.74, 6) is -0.852. The molecule has 0 bridgehead atoms. The fourth-order valence-corrected chi connectivity index (χ4v) is 3.41. The van der Waals surface area contributed by atoms with E-state index < -0.39 is 11.5 Å². The molecule has 0 spiro atoms. The molecule has 0 unspecified atom stereocenters. The quantitative estimate of drug-likeness (QED) is 0.670. The molecule has 7 nitrogen and oxygen atoms in total. The van der Waals surface area contributed by atoms with E-state index in [9.17, 15) is 14.4 Å². The Labute approximate surface area is 161 Å². The van der Waals surface area contributed by atoms with Gasteiger partial charge in [0.2, 0.25) is 0 Å². The van der Waals surface area contributed by atoms with Gasteiger partial charge in [-0.2, -0.15) is 5.26 Å². The minimum absolute atomic E-state index is 0.0501. The summed E-state index contributed by atoms with van der Waals surface area (Å²) in [5.41, 5.74) is 1.55. The normalized spacial score (nSPS) is 10.3. The number of nitrogens with zero attached hydrogens (tertiary/aromatic N) is 1. The molecule has 2 aromatic heterocycles. The number of hydrogen-bond donors (Lipinski definition) is 2. The highest BCUT2D eigenvalue weighted by atomic mass is 32.1. The Morgan fingerprint density at radius 1 is 1.33 bits per heavy atom. The van der Waals surface area contributed by atoms with Crippen molar-refractivity contribution < 1.29 is 14.3 Å². The molecule has 142 valence electrons. The highest BCUT2D eigenvalue weighted by molar-refractivity contribution is 7.09. The monoisotopic (exact) mass is 387 g/mol. The van der Waals surface area contributed by atoms with Crippen LogP contribution in [0.5, 0.6) is 0 Å². The number of carbonyl (C=O) groups excluding carboxylic acids is 2. The molecule has 0 aliphatic rings. The van der Waals surface area contributed by atoms with Crippen molar-refractivity contribution in [1.29, 1.82) is 5.26 Å². The van der Waals surface area contributed by atoms with Crippen molar-refractivity contribution in [3.8, 4) is 6.07 Å². The Kier molecular flexibility index (Phi) is 7.32. The van der Waals surface area contributed by atoms with Crippen molar-refractivity contribution in [2.45, 2.75) is 33.1 Å². The van der Waals surface area contributed by atoms with Crippen LogP contribution in [0.25, 0.3) is 0 Å². The predicted octanol–water partition coefficient (Wildman–Crippen LogP) is 1.76. The smallest absolute Gasteiger partial charge is 0.306 e. The first kappa shape index (κ1) is 20.4. The van der Waals surface area contributed by atoms with E-state index in [4.69, 9.17) is 10.00 Å². The molecule has 27 heavy (non-hydrogen) atoms. The molecule has 0 aliphatic carbocycles. The summed E-state index contributed by atoms with van der Waals surface area (Å²) in [5, 5.41) is 13.7. The number of ether oxygens (including phenoxy) is 1. The van der Waals surface area contributed by atoms with E-state index in [-0.39, 0.29) is 24.5 Å². The van der Waals surface area contributed by atoms with Crippen molar-refractivity contribution >= 4 is 23.2 Å². The molecule has 1 amide bonds. The summed E-state index contributed by atoms with van der Waals surface area (Å²) >= 11 is 1.62. The third kappa shape index (κ3) is 5.79. The molecule has 0 radical (unpaired) electrons. The highest BCUT2D eigenvalue weighted by Gasteiger charge is 2.14. The minimum atomic E-state index is -0.507. The molecule has 0 atom stereocenters.